The molecule has 0 aliphatic heterocycles. The first-order valence-electron chi connectivity index (χ1n) is 4.97. The van der Waals surface area contributed by atoms with E-state index in [1.54, 1.807) is 0 Å². The highest BCUT2D eigenvalue weighted by atomic mass is 32.3. The van der Waals surface area contributed by atoms with Crippen LogP contribution in [0.15, 0.2) is 0 Å². The molecule has 0 fully saturated rings. The molecule has 20 heavy (non-hydrogen) atoms. The lowest BCUT2D eigenvalue weighted by Crippen LogP contribution is -2.60. The summed E-state index contributed by atoms with van der Waals surface area (Å²) < 4.78 is 112. The van der Waals surface area contributed by atoms with Gasteiger partial charge in [0.25, 0.3) is 0 Å². The maximum atomic E-state index is 13.0. The van der Waals surface area contributed by atoms with E-state index < -0.39 is 46.1 Å². The van der Waals surface area contributed by atoms with Gasteiger partial charge in [-0.05, 0) is 13.8 Å². The molecule has 0 saturated carbocycles. The first kappa shape index (κ1) is 19.6. The molecule has 0 aliphatic carbocycles. The topological polar surface area (TPSA) is 76.0 Å². The Kier molecular flexibility index (Phi) is 4.98. The zero-order valence-corrected chi connectivity index (χ0v) is 11.4. The monoisotopic (exact) mass is 336 g/mol. The first-order valence-corrected chi connectivity index (χ1v) is 7.26. The summed E-state index contributed by atoms with van der Waals surface area (Å²) in [6.07, 6.45) is -11.7. The molecule has 0 atom stereocenters. The van der Waals surface area contributed by atoms with E-state index in [2.05, 4.69) is 9.47 Å². The molecule has 12 heteroatoms. The van der Waals surface area contributed by atoms with E-state index in [-0.39, 0.29) is 0 Å². The number of rotatable bonds is 7. The second-order valence-electron chi connectivity index (χ2n) is 4.36. The van der Waals surface area contributed by atoms with Crippen LogP contribution < -0.4 is 0 Å². The molecule has 0 bridgehead atoms. The average Bonchev–Trinajstić information content (AvgIpc) is 2.09. The lowest BCUT2D eigenvalue weighted by molar-refractivity contribution is -0.367. The Morgan fingerprint density at radius 3 is 1.80 bits per heavy atom. The molecule has 0 aliphatic rings. The summed E-state index contributed by atoms with van der Waals surface area (Å²) in [6.45, 7) is -0.0644. The minimum Gasteiger partial charge on any atom is -0.316 e. The summed E-state index contributed by atoms with van der Waals surface area (Å²) >= 11 is 0. The van der Waals surface area contributed by atoms with Crippen molar-refractivity contribution < 1.29 is 49.1 Å². The van der Waals surface area contributed by atoms with Crippen molar-refractivity contribution in [2.75, 3.05) is 12.9 Å². The van der Waals surface area contributed by atoms with E-state index in [9.17, 15) is 30.6 Å². The molecule has 0 radical (unpaired) electrons. The highest BCUT2D eigenvalue weighted by molar-refractivity contribution is 8.10. The summed E-state index contributed by atoms with van der Waals surface area (Å²) in [4.78, 5) is 0. The quantitative estimate of drug-likeness (QED) is 0.699. The van der Waals surface area contributed by atoms with Gasteiger partial charge >= 0.3 is 17.5 Å². The Balaban J connectivity index is 5.07. The van der Waals surface area contributed by atoms with Gasteiger partial charge in [0.05, 0.1) is 6.10 Å². The van der Waals surface area contributed by atoms with E-state index >= 15 is 0 Å². The molecule has 124 valence electrons. The fraction of sp³-hybridized carbons (Fsp3) is 1.00. The Bertz CT molecular complexity index is 407. The Morgan fingerprint density at radius 2 is 1.50 bits per heavy atom. The summed E-state index contributed by atoms with van der Waals surface area (Å²) in [5, 5.41) is -6.00. The molecule has 0 amide bonds. The lowest BCUT2D eigenvalue weighted by Gasteiger charge is -2.38. The third-order valence-corrected chi connectivity index (χ3v) is 3.18. The molecule has 0 saturated heterocycles. The molecular weight excluding hydrogens is 322 g/mol. The van der Waals surface area contributed by atoms with E-state index in [0.717, 1.165) is 13.8 Å². The van der Waals surface area contributed by atoms with Crippen LogP contribution in [0, 0.1) is 0 Å². The van der Waals surface area contributed by atoms with Crippen LogP contribution in [0.1, 0.15) is 13.8 Å². The van der Waals surface area contributed by atoms with E-state index in [1.807, 2.05) is 0 Å². The van der Waals surface area contributed by atoms with Crippen molar-refractivity contribution in [2.24, 2.45) is 0 Å². The summed E-state index contributed by atoms with van der Waals surface area (Å²) in [5.74, 6) is 0. The maximum absolute atomic E-state index is 13.0. The first-order chi connectivity index (χ1) is 8.39. The standard InChI is InChI=1S/C8H14F6O5S/c1-5(2)19-6(9,10)4-18-7(11,12)8(13,14)20(3,15,16)17/h5H,4H2,1-3H3,(H2,15,16,17). The molecule has 5 nitrogen and oxygen atoms in total. The van der Waals surface area contributed by atoms with Crippen molar-refractivity contribution in [1.82, 2.24) is 0 Å². The lowest BCUT2D eigenvalue weighted by atomic mass is 10.5. The van der Waals surface area contributed by atoms with Crippen molar-refractivity contribution in [3.8, 4) is 0 Å². The molecule has 0 aromatic carbocycles. The van der Waals surface area contributed by atoms with Crippen LogP contribution in [0.5, 0.6) is 0 Å². The predicted octanol–water partition coefficient (Wildman–Crippen LogP) is 2.60. The second-order valence-corrected chi connectivity index (χ2v) is 7.34. The number of ether oxygens (including phenoxy) is 2. The van der Waals surface area contributed by atoms with Gasteiger partial charge in [-0.1, -0.05) is 0 Å². The van der Waals surface area contributed by atoms with Crippen molar-refractivity contribution in [2.45, 2.75) is 37.4 Å². The Hall–Kier alpha value is -0.430. The largest absolute Gasteiger partial charge is 0.435 e. The average molecular weight is 336 g/mol. The maximum Gasteiger partial charge on any atom is 0.435 e. The van der Waals surface area contributed by atoms with Crippen molar-refractivity contribution >= 4 is 9.63 Å². The summed E-state index contributed by atoms with van der Waals surface area (Å²) in [6, 6.07) is 0. The zero-order chi connectivity index (χ0) is 16.6. The minimum atomic E-state index is -7.10. The summed E-state index contributed by atoms with van der Waals surface area (Å²) in [7, 11) is -7.10. The molecule has 2 N–H and O–H groups in total. The van der Waals surface area contributed by atoms with Crippen LogP contribution in [-0.4, -0.2) is 49.8 Å². The summed E-state index contributed by atoms with van der Waals surface area (Å²) in [5.41, 5.74) is 0. The van der Waals surface area contributed by atoms with E-state index in [4.69, 9.17) is 9.11 Å². The normalized spacial score (nSPS) is 17.1. The van der Waals surface area contributed by atoms with Gasteiger partial charge in [-0.2, -0.15) is 26.3 Å². The van der Waals surface area contributed by atoms with Gasteiger partial charge in [0.2, 0.25) is 0 Å². The molecule has 0 spiro atoms. The predicted molar refractivity (Wildman–Crippen MR) is 56.3 cm³/mol. The smallest absolute Gasteiger partial charge is 0.316 e. The third-order valence-electron chi connectivity index (χ3n) is 1.76. The van der Waals surface area contributed by atoms with Gasteiger partial charge in [-0.3, -0.25) is 0 Å². The van der Waals surface area contributed by atoms with Gasteiger partial charge in [-0.15, -0.1) is 0 Å². The van der Waals surface area contributed by atoms with Crippen LogP contribution in [0.3, 0.4) is 0 Å². The van der Waals surface area contributed by atoms with Crippen LogP contribution in [0.25, 0.3) is 0 Å². The van der Waals surface area contributed by atoms with Gasteiger partial charge in [0.15, 0.2) is 9.63 Å². The fourth-order valence-corrected chi connectivity index (χ4v) is 1.52. The van der Waals surface area contributed by atoms with Crippen molar-refractivity contribution in [3.63, 3.8) is 0 Å². The molecule has 0 unspecified atom stereocenters. The fourth-order valence-electron chi connectivity index (χ4n) is 0.911. The van der Waals surface area contributed by atoms with Gasteiger partial charge < -0.3 is 18.6 Å². The van der Waals surface area contributed by atoms with Crippen molar-refractivity contribution in [3.05, 3.63) is 0 Å². The molecule has 0 rings (SSSR count). The number of hydrogen-bond acceptors (Lipinski definition) is 3. The van der Waals surface area contributed by atoms with Crippen molar-refractivity contribution in [1.29, 1.82) is 0 Å². The highest BCUT2D eigenvalue weighted by Crippen LogP contribution is 2.47. The second kappa shape index (κ2) is 5.09. The van der Waals surface area contributed by atoms with Crippen LogP contribution >= 0.6 is 0 Å². The molecular formula is C8H14F6O5S. The Morgan fingerprint density at radius 1 is 1.10 bits per heavy atom. The van der Waals surface area contributed by atoms with Gasteiger partial charge in [0, 0.05) is 6.26 Å². The SMILES string of the molecule is CC(C)OC(F)(F)COC(F)(F)C(F)(F)S(C)(=O)(O)O. The van der Waals surface area contributed by atoms with Crippen LogP contribution in [-0.2, 0) is 19.1 Å². The molecule has 0 heterocycles. The number of alkyl halides is 6. The van der Waals surface area contributed by atoms with E-state index in [1.165, 1.54) is 0 Å². The number of halogens is 6. The molecule has 0 aromatic heterocycles. The van der Waals surface area contributed by atoms with E-state index in [0.29, 0.717) is 0 Å². The third kappa shape index (κ3) is 4.55. The van der Waals surface area contributed by atoms with Gasteiger partial charge in [0.1, 0.15) is 6.61 Å². The van der Waals surface area contributed by atoms with Crippen LogP contribution in [0.2, 0.25) is 0 Å². The minimum absolute atomic E-state index is 0.461. The van der Waals surface area contributed by atoms with Gasteiger partial charge in [-0.25, -0.2) is 4.21 Å². The Labute approximate surface area is 110 Å². The van der Waals surface area contributed by atoms with Crippen LogP contribution in [0.4, 0.5) is 26.3 Å². The molecule has 0 aromatic rings. The zero-order valence-electron chi connectivity index (χ0n) is 10.6. The number of hydrogen-bond donors (Lipinski definition) is 2. The highest BCUT2D eigenvalue weighted by Gasteiger charge is 2.72.